The summed E-state index contributed by atoms with van der Waals surface area (Å²) in [5.74, 6) is -0.208. The first-order valence-electron chi connectivity index (χ1n) is 6.61. The summed E-state index contributed by atoms with van der Waals surface area (Å²) in [5, 5.41) is 8.44. The van der Waals surface area contributed by atoms with E-state index in [0.717, 1.165) is 10.7 Å². The highest BCUT2D eigenvalue weighted by Gasteiger charge is 2.06. The Morgan fingerprint density at radius 2 is 1.95 bits per heavy atom. The van der Waals surface area contributed by atoms with Crippen molar-refractivity contribution in [2.24, 2.45) is 0 Å². The normalized spacial score (nSPS) is 10.2. The Kier molecular flexibility index (Phi) is 5.05. The lowest BCUT2D eigenvalue weighted by Crippen LogP contribution is -2.13. The first kappa shape index (κ1) is 15.2. The van der Waals surface area contributed by atoms with E-state index in [4.69, 9.17) is 0 Å². The van der Waals surface area contributed by atoms with Gasteiger partial charge in [0.25, 0.3) is 0 Å². The molecular formula is C15H17N3O2S. The molecule has 0 aliphatic rings. The van der Waals surface area contributed by atoms with Gasteiger partial charge in [0.05, 0.1) is 5.01 Å². The molecule has 0 bridgehead atoms. The van der Waals surface area contributed by atoms with Crippen molar-refractivity contribution in [3.05, 3.63) is 40.3 Å². The van der Waals surface area contributed by atoms with Gasteiger partial charge in [0, 0.05) is 42.2 Å². The molecule has 0 aliphatic heterocycles. The average molecular weight is 303 g/mol. The van der Waals surface area contributed by atoms with Crippen molar-refractivity contribution in [3.63, 3.8) is 0 Å². The van der Waals surface area contributed by atoms with Gasteiger partial charge in [-0.1, -0.05) is 6.07 Å². The third-order valence-electron chi connectivity index (χ3n) is 2.70. The highest BCUT2D eigenvalue weighted by Crippen LogP contribution is 2.16. The Morgan fingerprint density at radius 3 is 2.57 bits per heavy atom. The van der Waals surface area contributed by atoms with Crippen molar-refractivity contribution in [2.75, 3.05) is 10.6 Å². The lowest BCUT2D eigenvalue weighted by molar-refractivity contribution is -0.116. The molecule has 1 aromatic carbocycles. The third-order valence-corrected chi connectivity index (χ3v) is 3.73. The zero-order valence-corrected chi connectivity index (χ0v) is 12.8. The van der Waals surface area contributed by atoms with Gasteiger partial charge in [-0.2, -0.15) is 0 Å². The third kappa shape index (κ3) is 5.00. The summed E-state index contributed by atoms with van der Waals surface area (Å²) in [6.45, 7) is 3.38. The molecule has 0 saturated heterocycles. The number of hydrogen-bond donors (Lipinski definition) is 2. The van der Waals surface area contributed by atoms with Crippen LogP contribution >= 0.6 is 11.3 Å². The predicted molar refractivity (Wildman–Crippen MR) is 84.5 cm³/mol. The number of aryl methyl sites for hydroxylation is 2. The number of carbonyl (C=O) groups excluding carboxylic acids is 2. The first-order chi connectivity index (χ1) is 10.0. The maximum Gasteiger partial charge on any atom is 0.224 e. The van der Waals surface area contributed by atoms with Crippen molar-refractivity contribution in [1.29, 1.82) is 0 Å². The van der Waals surface area contributed by atoms with Gasteiger partial charge >= 0.3 is 0 Å². The highest BCUT2D eigenvalue weighted by molar-refractivity contribution is 7.09. The number of carbonyl (C=O) groups is 2. The van der Waals surface area contributed by atoms with E-state index < -0.39 is 0 Å². The van der Waals surface area contributed by atoms with Crippen LogP contribution in [0.1, 0.15) is 24.0 Å². The van der Waals surface area contributed by atoms with E-state index in [9.17, 15) is 9.59 Å². The van der Waals surface area contributed by atoms with Crippen LogP contribution < -0.4 is 10.6 Å². The van der Waals surface area contributed by atoms with E-state index >= 15 is 0 Å². The number of benzene rings is 1. The molecule has 1 heterocycles. The predicted octanol–water partition coefficient (Wildman–Crippen LogP) is 2.98. The molecule has 2 aromatic rings. The van der Waals surface area contributed by atoms with Crippen molar-refractivity contribution in [3.8, 4) is 0 Å². The zero-order chi connectivity index (χ0) is 15.2. The average Bonchev–Trinajstić information content (AvgIpc) is 2.82. The molecule has 0 radical (unpaired) electrons. The van der Waals surface area contributed by atoms with Gasteiger partial charge in [-0.3, -0.25) is 9.59 Å². The van der Waals surface area contributed by atoms with E-state index in [1.807, 2.05) is 12.3 Å². The fraction of sp³-hybridized carbons (Fsp3) is 0.267. The second-order valence-corrected chi connectivity index (χ2v) is 5.64. The maximum atomic E-state index is 11.9. The van der Waals surface area contributed by atoms with Crippen LogP contribution in [-0.4, -0.2) is 16.8 Å². The van der Waals surface area contributed by atoms with Crippen molar-refractivity contribution < 1.29 is 9.59 Å². The fourth-order valence-electron chi connectivity index (χ4n) is 1.84. The number of thiazole rings is 1. The number of nitrogens with zero attached hydrogens (tertiary/aromatic N) is 1. The summed E-state index contributed by atoms with van der Waals surface area (Å²) in [6, 6.07) is 7.07. The fourth-order valence-corrected chi connectivity index (χ4v) is 2.62. The molecule has 0 fully saturated rings. The first-order valence-corrected chi connectivity index (χ1v) is 7.49. The summed E-state index contributed by atoms with van der Waals surface area (Å²) in [6.07, 6.45) is 1.02. The van der Waals surface area contributed by atoms with Crippen LogP contribution in [0.2, 0.25) is 0 Å². The topological polar surface area (TPSA) is 71.1 Å². The SMILES string of the molecule is CC(=O)Nc1cccc(NC(=O)CCc2nc(C)cs2)c1. The van der Waals surface area contributed by atoms with Crippen LogP contribution in [-0.2, 0) is 16.0 Å². The zero-order valence-electron chi connectivity index (χ0n) is 12.0. The molecule has 110 valence electrons. The molecule has 21 heavy (non-hydrogen) atoms. The smallest absolute Gasteiger partial charge is 0.224 e. The van der Waals surface area contributed by atoms with E-state index in [-0.39, 0.29) is 11.8 Å². The molecule has 2 N–H and O–H groups in total. The van der Waals surface area contributed by atoms with Gasteiger partial charge in [0.15, 0.2) is 0 Å². The van der Waals surface area contributed by atoms with Crippen molar-refractivity contribution in [1.82, 2.24) is 4.98 Å². The minimum absolute atomic E-state index is 0.0668. The molecule has 0 unspecified atom stereocenters. The van der Waals surface area contributed by atoms with Gasteiger partial charge in [0.2, 0.25) is 11.8 Å². The number of anilines is 2. The van der Waals surface area contributed by atoms with Gasteiger partial charge in [-0.05, 0) is 25.1 Å². The Bertz CT molecular complexity index is 652. The standard InChI is InChI=1S/C15H17N3O2S/c1-10-9-21-15(16-10)7-6-14(20)18-13-5-3-4-12(8-13)17-11(2)19/h3-5,8-9H,6-7H2,1-2H3,(H,17,19)(H,18,20). The minimum Gasteiger partial charge on any atom is -0.326 e. The van der Waals surface area contributed by atoms with Crippen molar-refractivity contribution >= 4 is 34.5 Å². The highest BCUT2D eigenvalue weighted by atomic mass is 32.1. The lowest BCUT2D eigenvalue weighted by atomic mass is 10.2. The molecule has 1 aromatic heterocycles. The Hall–Kier alpha value is -2.21. The molecule has 5 nitrogen and oxygen atoms in total. The molecule has 0 spiro atoms. The molecule has 2 amide bonds. The van der Waals surface area contributed by atoms with Crippen molar-refractivity contribution in [2.45, 2.75) is 26.7 Å². The molecule has 6 heteroatoms. The van der Waals surface area contributed by atoms with Gasteiger partial charge in [-0.25, -0.2) is 4.98 Å². The summed E-state index contributed by atoms with van der Waals surface area (Å²) in [7, 11) is 0. The van der Waals surface area contributed by atoms with E-state index in [1.54, 1.807) is 35.6 Å². The number of aromatic nitrogens is 1. The molecule has 0 saturated carbocycles. The number of rotatable bonds is 5. The Morgan fingerprint density at radius 1 is 1.24 bits per heavy atom. The van der Waals surface area contributed by atoms with Crippen LogP contribution in [0.25, 0.3) is 0 Å². The Balaban J connectivity index is 1.88. The molecule has 2 rings (SSSR count). The lowest BCUT2D eigenvalue weighted by Gasteiger charge is -2.07. The quantitative estimate of drug-likeness (QED) is 0.892. The summed E-state index contributed by atoms with van der Waals surface area (Å²) < 4.78 is 0. The van der Waals surface area contributed by atoms with Gasteiger partial charge < -0.3 is 10.6 Å². The van der Waals surface area contributed by atoms with Gasteiger partial charge in [-0.15, -0.1) is 11.3 Å². The van der Waals surface area contributed by atoms with Crippen LogP contribution in [0, 0.1) is 6.92 Å². The van der Waals surface area contributed by atoms with E-state index in [0.29, 0.717) is 24.2 Å². The van der Waals surface area contributed by atoms with Crippen LogP contribution in [0.15, 0.2) is 29.6 Å². The molecule has 0 atom stereocenters. The second-order valence-electron chi connectivity index (χ2n) is 4.69. The van der Waals surface area contributed by atoms with Gasteiger partial charge in [0.1, 0.15) is 0 Å². The van der Waals surface area contributed by atoms with E-state index in [1.165, 1.54) is 6.92 Å². The molecule has 0 aliphatic carbocycles. The number of hydrogen-bond acceptors (Lipinski definition) is 4. The number of nitrogens with one attached hydrogen (secondary N) is 2. The summed E-state index contributed by atoms with van der Waals surface area (Å²) in [5.41, 5.74) is 2.32. The van der Waals surface area contributed by atoms with E-state index in [2.05, 4.69) is 15.6 Å². The van der Waals surface area contributed by atoms with Crippen LogP contribution in [0.3, 0.4) is 0 Å². The second kappa shape index (κ2) is 6.99. The molecular weight excluding hydrogens is 286 g/mol. The minimum atomic E-state index is -0.141. The largest absolute Gasteiger partial charge is 0.326 e. The maximum absolute atomic E-state index is 11.9. The number of amides is 2. The van der Waals surface area contributed by atoms with Crippen LogP contribution in [0.4, 0.5) is 11.4 Å². The monoisotopic (exact) mass is 303 g/mol. The Labute approximate surface area is 127 Å². The summed E-state index contributed by atoms with van der Waals surface area (Å²) in [4.78, 5) is 27.2. The summed E-state index contributed by atoms with van der Waals surface area (Å²) >= 11 is 1.57. The van der Waals surface area contributed by atoms with Crippen LogP contribution in [0.5, 0.6) is 0 Å².